The average Bonchev–Trinajstić information content (AvgIpc) is 2.34. The van der Waals surface area contributed by atoms with E-state index in [0.29, 0.717) is 5.56 Å². The molecule has 2 aromatic carbocycles. The maximum absolute atomic E-state index is 14.1. The van der Waals surface area contributed by atoms with E-state index in [-0.39, 0.29) is 10.0 Å². The van der Waals surface area contributed by atoms with Crippen LogP contribution in [0.4, 0.5) is 13.2 Å². The molecule has 0 heterocycles. The second-order valence-corrected chi connectivity index (χ2v) is 5.29. The first-order valence-electron chi connectivity index (χ1n) is 5.53. The van der Waals surface area contributed by atoms with Crippen molar-refractivity contribution in [3.8, 4) is 0 Å². The van der Waals surface area contributed by atoms with E-state index in [1.807, 2.05) is 0 Å². The largest absolute Gasteiger partial charge is 0.318 e. The van der Waals surface area contributed by atoms with E-state index >= 15 is 0 Å². The van der Waals surface area contributed by atoms with Gasteiger partial charge in [-0.25, -0.2) is 13.2 Å². The Bertz CT molecular complexity index is 626. The zero-order valence-corrected chi connectivity index (χ0v) is 11.6. The Labute approximate surface area is 117 Å². The SMILES string of the molecule is CC(N)(c1cccc(F)c1)c1c(F)ccc(Br)c1F. The molecule has 0 fully saturated rings. The van der Waals surface area contributed by atoms with Gasteiger partial charge in [-0.05, 0) is 52.7 Å². The van der Waals surface area contributed by atoms with Crippen LogP contribution >= 0.6 is 15.9 Å². The van der Waals surface area contributed by atoms with Gasteiger partial charge >= 0.3 is 0 Å². The van der Waals surface area contributed by atoms with Crippen molar-refractivity contribution in [3.63, 3.8) is 0 Å². The molecule has 0 saturated heterocycles. The van der Waals surface area contributed by atoms with Gasteiger partial charge in [0, 0.05) is 5.56 Å². The Morgan fingerprint density at radius 3 is 2.42 bits per heavy atom. The second-order valence-electron chi connectivity index (χ2n) is 4.43. The van der Waals surface area contributed by atoms with Crippen LogP contribution in [0.5, 0.6) is 0 Å². The predicted octanol–water partition coefficient (Wildman–Crippen LogP) is 4.09. The van der Waals surface area contributed by atoms with Crippen molar-refractivity contribution >= 4 is 15.9 Å². The zero-order valence-electron chi connectivity index (χ0n) is 10.1. The monoisotopic (exact) mass is 329 g/mol. The van der Waals surface area contributed by atoms with Crippen molar-refractivity contribution in [2.24, 2.45) is 5.73 Å². The molecule has 0 radical (unpaired) electrons. The molecule has 2 N–H and O–H groups in total. The fourth-order valence-electron chi connectivity index (χ4n) is 1.96. The van der Waals surface area contributed by atoms with E-state index in [9.17, 15) is 13.2 Å². The molecule has 0 amide bonds. The van der Waals surface area contributed by atoms with Gasteiger partial charge in [0.2, 0.25) is 0 Å². The minimum Gasteiger partial charge on any atom is -0.318 e. The van der Waals surface area contributed by atoms with Crippen LogP contribution in [-0.2, 0) is 5.54 Å². The third-order valence-corrected chi connectivity index (χ3v) is 3.60. The van der Waals surface area contributed by atoms with Crippen LogP contribution < -0.4 is 5.73 Å². The number of hydrogen-bond donors (Lipinski definition) is 1. The van der Waals surface area contributed by atoms with Crippen molar-refractivity contribution in [2.75, 3.05) is 0 Å². The number of hydrogen-bond acceptors (Lipinski definition) is 1. The van der Waals surface area contributed by atoms with Crippen molar-refractivity contribution in [1.82, 2.24) is 0 Å². The molecule has 100 valence electrons. The smallest absolute Gasteiger partial charge is 0.145 e. The third-order valence-electron chi connectivity index (χ3n) is 2.99. The summed E-state index contributed by atoms with van der Waals surface area (Å²) in [6.07, 6.45) is 0. The summed E-state index contributed by atoms with van der Waals surface area (Å²) < 4.78 is 41.3. The number of benzene rings is 2. The maximum atomic E-state index is 14.1. The number of nitrogens with two attached hydrogens (primary N) is 1. The lowest BCUT2D eigenvalue weighted by Gasteiger charge is -2.27. The van der Waals surface area contributed by atoms with Crippen molar-refractivity contribution < 1.29 is 13.2 Å². The third kappa shape index (κ3) is 2.53. The van der Waals surface area contributed by atoms with E-state index in [2.05, 4.69) is 15.9 Å². The highest BCUT2D eigenvalue weighted by molar-refractivity contribution is 9.10. The molecule has 0 saturated carbocycles. The average molecular weight is 330 g/mol. The van der Waals surface area contributed by atoms with Crippen LogP contribution in [0.3, 0.4) is 0 Å². The molecule has 1 unspecified atom stereocenters. The summed E-state index contributed by atoms with van der Waals surface area (Å²) in [4.78, 5) is 0. The quantitative estimate of drug-likeness (QED) is 0.825. The molecule has 2 aromatic rings. The molecule has 0 aliphatic heterocycles. The summed E-state index contributed by atoms with van der Waals surface area (Å²) in [7, 11) is 0. The summed E-state index contributed by atoms with van der Waals surface area (Å²) in [5, 5.41) is 0. The van der Waals surface area contributed by atoms with Gasteiger partial charge in [-0.3, -0.25) is 0 Å². The molecule has 19 heavy (non-hydrogen) atoms. The standard InChI is InChI=1S/C14H11BrF3N/c1-14(19,8-3-2-4-9(16)7-8)12-11(17)6-5-10(15)13(12)18/h2-7H,19H2,1H3. The van der Waals surface area contributed by atoms with Gasteiger partial charge in [-0.15, -0.1) is 0 Å². The first kappa shape index (κ1) is 14.1. The fraction of sp³-hybridized carbons (Fsp3) is 0.143. The summed E-state index contributed by atoms with van der Waals surface area (Å²) in [6, 6.07) is 7.77. The van der Waals surface area contributed by atoms with Crippen LogP contribution in [0.2, 0.25) is 0 Å². The summed E-state index contributed by atoms with van der Waals surface area (Å²) in [5.41, 5.74) is 4.56. The highest BCUT2D eigenvalue weighted by Crippen LogP contribution is 2.33. The summed E-state index contributed by atoms with van der Waals surface area (Å²) in [6.45, 7) is 1.44. The van der Waals surface area contributed by atoms with Crippen LogP contribution in [0.25, 0.3) is 0 Å². The van der Waals surface area contributed by atoms with Crippen LogP contribution in [0.15, 0.2) is 40.9 Å². The van der Waals surface area contributed by atoms with Gasteiger partial charge < -0.3 is 5.73 Å². The molecule has 0 spiro atoms. The number of halogens is 4. The fourth-order valence-corrected chi connectivity index (χ4v) is 2.29. The van der Waals surface area contributed by atoms with E-state index < -0.39 is 23.0 Å². The van der Waals surface area contributed by atoms with Crippen LogP contribution in [0.1, 0.15) is 18.1 Å². The van der Waals surface area contributed by atoms with Crippen LogP contribution in [-0.4, -0.2) is 0 Å². The molecule has 1 nitrogen and oxygen atoms in total. The molecule has 2 rings (SSSR count). The highest BCUT2D eigenvalue weighted by atomic mass is 79.9. The molecule has 0 aromatic heterocycles. The lowest BCUT2D eigenvalue weighted by atomic mass is 9.85. The van der Waals surface area contributed by atoms with Crippen molar-refractivity contribution in [1.29, 1.82) is 0 Å². The van der Waals surface area contributed by atoms with E-state index in [0.717, 1.165) is 6.07 Å². The van der Waals surface area contributed by atoms with E-state index in [4.69, 9.17) is 5.73 Å². The Kier molecular flexibility index (Phi) is 3.69. The minimum atomic E-state index is -1.47. The molecule has 0 aliphatic rings. The highest BCUT2D eigenvalue weighted by Gasteiger charge is 2.31. The number of rotatable bonds is 2. The van der Waals surface area contributed by atoms with E-state index in [1.54, 1.807) is 0 Å². The van der Waals surface area contributed by atoms with Crippen molar-refractivity contribution in [2.45, 2.75) is 12.5 Å². The second kappa shape index (κ2) is 4.98. The molecule has 1 atom stereocenters. The Morgan fingerprint density at radius 2 is 1.79 bits per heavy atom. The Morgan fingerprint density at radius 1 is 1.11 bits per heavy atom. The van der Waals surface area contributed by atoms with Gasteiger partial charge in [-0.1, -0.05) is 12.1 Å². The first-order chi connectivity index (χ1) is 8.84. The van der Waals surface area contributed by atoms with Gasteiger partial charge in [0.05, 0.1) is 10.0 Å². The van der Waals surface area contributed by atoms with Gasteiger partial charge in [0.25, 0.3) is 0 Å². The molecular formula is C14H11BrF3N. The van der Waals surface area contributed by atoms with Gasteiger partial charge in [-0.2, -0.15) is 0 Å². The Balaban J connectivity index is 2.66. The maximum Gasteiger partial charge on any atom is 0.145 e. The van der Waals surface area contributed by atoms with Crippen molar-refractivity contribution in [3.05, 3.63) is 69.4 Å². The lowest BCUT2D eigenvalue weighted by molar-refractivity contribution is 0.477. The first-order valence-corrected chi connectivity index (χ1v) is 6.32. The normalized spacial score (nSPS) is 14.2. The predicted molar refractivity (Wildman–Crippen MR) is 71.1 cm³/mol. The molecule has 5 heteroatoms. The Hall–Kier alpha value is -1.33. The van der Waals surface area contributed by atoms with Gasteiger partial charge in [0.1, 0.15) is 17.5 Å². The molecule has 0 bridgehead atoms. The topological polar surface area (TPSA) is 26.0 Å². The lowest BCUT2D eigenvalue weighted by Crippen LogP contribution is -2.36. The zero-order chi connectivity index (χ0) is 14.2. The van der Waals surface area contributed by atoms with Gasteiger partial charge in [0.15, 0.2) is 0 Å². The molecular weight excluding hydrogens is 319 g/mol. The van der Waals surface area contributed by atoms with E-state index in [1.165, 1.54) is 37.3 Å². The summed E-state index contributed by atoms with van der Waals surface area (Å²) in [5.74, 6) is -2.06. The minimum absolute atomic E-state index is 0.108. The van der Waals surface area contributed by atoms with Crippen LogP contribution in [0, 0.1) is 17.5 Å². The summed E-state index contributed by atoms with van der Waals surface area (Å²) >= 11 is 2.99. The molecule has 0 aliphatic carbocycles.